The number of H-pyrrole nitrogens is 2. The van der Waals surface area contributed by atoms with Gasteiger partial charge in [0.05, 0.1) is 49.1 Å². The summed E-state index contributed by atoms with van der Waals surface area (Å²) in [5, 5.41) is 3.48. The van der Waals surface area contributed by atoms with E-state index in [0.717, 1.165) is 63.8 Å². The lowest BCUT2D eigenvalue weighted by Gasteiger charge is -2.44. The van der Waals surface area contributed by atoms with Gasteiger partial charge in [-0.25, -0.2) is 0 Å². The summed E-state index contributed by atoms with van der Waals surface area (Å²) >= 11 is 0. The van der Waals surface area contributed by atoms with Crippen LogP contribution in [0, 0.1) is 0 Å². The highest BCUT2D eigenvalue weighted by molar-refractivity contribution is 6.11. The number of nitrogens with one attached hydrogen (secondary N) is 2. The van der Waals surface area contributed by atoms with Crippen molar-refractivity contribution in [3.63, 3.8) is 0 Å². The number of methoxy groups -OCH3 is 2. The van der Waals surface area contributed by atoms with Gasteiger partial charge in [0.25, 0.3) is 0 Å². The zero-order chi connectivity index (χ0) is 22.8. The Bertz CT molecular complexity index is 1590. The molecule has 2 N–H and O–H groups in total. The number of nitrogens with zero attached hydrogens (tertiary/aromatic N) is 2. The molecular formula is C28H26N4O2. The van der Waals surface area contributed by atoms with Crippen molar-refractivity contribution in [1.82, 2.24) is 19.9 Å². The van der Waals surface area contributed by atoms with Crippen LogP contribution in [-0.2, 0) is 4.74 Å². The Kier molecular flexibility index (Phi) is 4.19. The van der Waals surface area contributed by atoms with Crippen molar-refractivity contribution in [2.75, 3.05) is 14.2 Å². The van der Waals surface area contributed by atoms with Crippen molar-refractivity contribution in [1.29, 1.82) is 0 Å². The molecule has 0 aliphatic carbocycles. The molecule has 2 aromatic carbocycles. The van der Waals surface area contributed by atoms with Gasteiger partial charge in [-0.1, -0.05) is 36.4 Å². The molecule has 3 aromatic heterocycles. The van der Waals surface area contributed by atoms with Gasteiger partial charge in [0.1, 0.15) is 11.5 Å². The molecule has 6 heteroatoms. The van der Waals surface area contributed by atoms with E-state index in [1.54, 1.807) is 14.2 Å². The van der Waals surface area contributed by atoms with Crippen LogP contribution in [0.1, 0.15) is 48.3 Å². The SMILES string of the molecule is COC1=CN2C(CCCC2c2ncc(OC)c3c2[nH]c2ccccc23)c2[nH]c3ccccc3c21. The van der Waals surface area contributed by atoms with Crippen molar-refractivity contribution in [3.8, 4) is 5.75 Å². The van der Waals surface area contributed by atoms with Gasteiger partial charge < -0.3 is 24.3 Å². The third-order valence-corrected chi connectivity index (χ3v) is 7.54. The fourth-order valence-electron chi connectivity index (χ4n) is 6.06. The highest BCUT2D eigenvalue weighted by Gasteiger charge is 2.39. The Morgan fingerprint density at radius 3 is 2.41 bits per heavy atom. The Morgan fingerprint density at radius 1 is 0.882 bits per heavy atom. The molecule has 2 aliphatic rings. The van der Waals surface area contributed by atoms with Crippen LogP contribution in [-0.4, -0.2) is 34.1 Å². The minimum Gasteiger partial charge on any atom is -0.495 e. The highest BCUT2D eigenvalue weighted by Crippen LogP contribution is 2.50. The van der Waals surface area contributed by atoms with Crippen LogP contribution in [0.3, 0.4) is 0 Å². The summed E-state index contributed by atoms with van der Waals surface area (Å²) < 4.78 is 11.7. The van der Waals surface area contributed by atoms with E-state index in [4.69, 9.17) is 14.5 Å². The maximum absolute atomic E-state index is 5.94. The lowest BCUT2D eigenvalue weighted by atomic mass is 9.87. The highest BCUT2D eigenvalue weighted by atomic mass is 16.5. The average Bonchev–Trinajstić information content (AvgIpc) is 3.47. The second-order valence-corrected chi connectivity index (χ2v) is 9.20. The van der Waals surface area contributed by atoms with Gasteiger partial charge in [0.15, 0.2) is 0 Å². The summed E-state index contributed by atoms with van der Waals surface area (Å²) in [6.45, 7) is 0. The zero-order valence-electron chi connectivity index (χ0n) is 19.3. The van der Waals surface area contributed by atoms with Crippen molar-refractivity contribution in [2.24, 2.45) is 0 Å². The van der Waals surface area contributed by atoms with Gasteiger partial charge in [-0.3, -0.25) is 4.98 Å². The monoisotopic (exact) mass is 450 g/mol. The topological polar surface area (TPSA) is 66.2 Å². The molecule has 1 saturated heterocycles. The first-order chi connectivity index (χ1) is 16.8. The lowest BCUT2D eigenvalue weighted by Crippen LogP contribution is -2.36. The van der Waals surface area contributed by atoms with Gasteiger partial charge in [0, 0.05) is 39.3 Å². The summed E-state index contributed by atoms with van der Waals surface area (Å²) in [6.07, 6.45) is 7.34. The molecule has 2 aliphatic heterocycles. The number of hydrogen-bond donors (Lipinski definition) is 2. The average molecular weight is 451 g/mol. The molecule has 0 radical (unpaired) electrons. The molecule has 34 heavy (non-hydrogen) atoms. The molecule has 0 spiro atoms. The Balaban J connectivity index is 1.43. The summed E-state index contributed by atoms with van der Waals surface area (Å²) in [7, 11) is 3.47. The third kappa shape index (κ3) is 2.59. The first kappa shape index (κ1) is 19.5. The van der Waals surface area contributed by atoms with Crippen LogP contribution in [0.5, 0.6) is 5.75 Å². The number of aromatic nitrogens is 3. The summed E-state index contributed by atoms with van der Waals surface area (Å²) in [6, 6.07) is 17.3. The van der Waals surface area contributed by atoms with Crippen molar-refractivity contribution >= 4 is 38.5 Å². The number of rotatable bonds is 3. The normalized spacial score (nSPS) is 19.8. The maximum Gasteiger partial charge on any atom is 0.147 e. The minimum atomic E-state index is 0.130. The quantitative estimate of drug-likeness (QED) is 0.332. The fourth-order valence-corrected chi connectivity index (χ4v) is 6.06. The van der Waals surface area contributed by atoms with E-state index in [1.807, 2.05) is 6.20 Å². The molecule has 5 aromatic rings. The van der Waals surface area contributed by atoms with E-state index < -0.39 is 0 Å². The van der Waals surface area contributed by atoms with E-state index >= 15 is 0 Å². The second-order valence-electron chi connectivity index (χ2n) is 9.20. The van der Waals surface area contributed by atoms with E-state index in [1.165, 1.54) is 16.6 Å². The van der Waals surface area contributed by atoms with Crippen molar-refractivity contribution in [2.45, 2.75) is 31.3 Å². The summed E-state index contributed by atoms with van der Waals surface area (Å²) in [4.78, 5) is 14.8. The fraction of sp³-hybridized carbons (Fsp3) is 0.250. The molecular weight excluding hydrogens is 424 g/mol. The first-order valence-electron chi connectivity index (χ1n) is 11.9. The van der Waals surface area contributed by atoms with Gasteiger partial charge >= 0.3 is 0 Å². The molecule has 2 atom stereocenters. The smallest absolute Gasteiger partial charge is 0.147 e. The van der Waals surface area contributed by atoms with E-state index in [9.17, 15) is 0 Å². The molecule has 0 amide bonds. The predicted octanol–water partition coefficient (Wildman–Crippen LogP) is 6.43. The van der Waals surface area contributed by atoms with Gasteiger partial charge in [-0.2, -0.15) is 0 Å². The Labute approximate surface area is 197 Å². The number of para-hydroxylation sites is 2. The van der Waals surface area contributed by atoms with Crippen molar-refractivity contribution < 1.29 is 9.47 Å². The number of fused-ring (bicyclic) bond motifs is 8. The summed E-state index contributed by atoms with van der Waals surface area (Å²) in [5.41, 5.74) is 6.80. The molecule has 0 bridgehead atoms. The molecule has 0 saturated carbocycles. The van der Waals surface area contributed by atoms with E-state index in [-0.39, 0.29) is 12.1 Å². The van der Waals surface area contributed by atoms with Crippen LogP contribution >= 0.6 is 0 Å². The molecule has 170 valence electrons. The Morgan fingerprint density at radius 2 is 1.62 bits per heavy atom. The van der Waals surface area contributed by atoms with Gasteiger partial charge in [-0.05, 0) is 31.4 Å². The Hall–Kier alpha value is -3.93. The van der Waals surface area contributed by atoms with Crippen LogP contribution in [0.4, 0.5) is 0 Å². The van der Waals surface area contributed by atoms with Crippen molar-refractivity contribution in [3.05, 3.63) is 77.9 Å². The lowest BCUT2D eigenvalue weighted by molar-refractivity contribution is 0.128. The van der Waals surface area contributed by atoms with Gasteiger partial charge in [-0.15, -0.1) is 0 Å². The van der Waals surface area contributed by atoms with Crippen LogP contribution in [0.2, 0.25) is 0 Å². The number of pyridine rings is 1. The number of hydrogen-bond acceptors (Lipinski definition) is 4. The van der Waals surface area contributed by atoms with E-state index in [0.29, 0.717) is 0 Å². The number of ether oxygens (including phenoxy) is 2. The van der Waals surface area contributed by atoms with E-state index in [2.05, 4.69) is 69.6 Å². The number of aromatic amines is 2. The molecule has 7 rings (SSSR count). The molecule has 1 fully saturated rings. The van der Waals surface area contributed by atoms with Crippen LogP contribution in [0.25, 0.3) is 38.5 Å². The molecule has 2 unspecified atom stereocenters. The first-order valence-corrected chi connectivity index (χ1v) is 11.9. The number of piperidine rings is 1. The zero-order valence-corrected chi connectivity index (χ0v) is 19.3. The van der Waals surface area contributed by atoms with Gasteiger partial charge in [0.2, 0.25) is 0 Å². The molecule has 5 heterocycles. The standard InChI is InChI=1S/C28H26N4O2/c1-33-22-14-29-27(28-24(22)16-8-3-6-11-19(16)31-28)21-13-7-12-20-26-25(23(34-2)15-32(20)21)17-9-4-5-10-18(17)30-26/h3-6,8-11,14-15,20-21,30-31H,7,12-13H2,1-2H3. The third-order valence-electron chi connectivity index (χ3n) is 7.54. The summed E-state index contributed by atoms with van der Waals surface area (Å²) in [5.74, 6) is 1.70. The largest absolute Gasteiger partial charge is 0.495 e. The molecule has 6 nitrogen and oxygen atoms in total. The predicted molar refractivity (Wildman–Crippen MR) is 135 cm³/mol. The maximum atomic E-state index is 5.94. The number of benzene rings is 2. The second kappa shape index (κ2) is 7.29. The van der Waals surface area contributed by atoms with Crippen LogP contribution in [0.15, 0.2) is 60.9 Å². The van der Waals surface area contributed by atoms with Crippen LogP contribution < -0.4 is 4.74 Å². The minimum absolute atomic E-state index is 0.130.